The topological polar surface area (TPSA) is 65.5 Å². The molecule has 1 aromatic heterocycles. The van der Waals surface area contributed by atoms with Crippen molar-refractivity contribution in [2.45, 2.75) is 25.1 Å². The summed E-state index contributed by atoms with van der Waals surface area (Å²) < 4.78 is 38.2. The van der Waals surface area contributed by atoms with E-state index in [1.807, 2.05) is 0 Å². The molecule has 0 radical (unpaired) electrons. The van der Waals surface area contributed by atoms with Gasteiger partial charge in [0.25, 0.3) is 0 Å². The summed E-state index contributed by atoms with van der Waals surface area (Å²) in [4.78, 5) is 16.2. The van der Waals surface area contributed by atoms with Gasteiger partial charge in [0.05, 0.1) is 23.5 Å². The van der Waals surface area contributed by atoms with Crippen molar-refractivity contribution in [1.82, 2.24) is 10.3 Å². The average molecular weight is 301 g/mol. The van der Waals surface area contributed by atoms with Crippen molar-refractivity contribution in [3.8, 4) is 0 Å². The van der Waals surface area contributed by atoms with Gasteiger partial charge in [0.1, 0.15) is 0 Å². The Kier molecular flexibility index (Phi) is 3.00. The van der Waals surface area contributed by atoms with Gasteiger partial charge in [-0.2, -0.15) is 13.2 Å². The van der Waals surface area contributed by atoms with E-state index in [2.05, 4.69) is 10.3 Å². The van der Waals surface area contributed by atoms with E-state index in [1.54, 1.807) is 4.90 Å². The molecule has 1 atom stereocenters. The van der Waals surface area contributed by atoms with E-state index in [0.717, 1.165) is 25.1 Å². The number of pyridine rings is 1. The highest BCUT2D eigenvalue weighted by molar-refractivity contribution is 5.66. The molecule has 2 heterocycles. The number of nitrogens with one attached hydrogen (secondary N) is 1. The smallest absolute Gasteiger partial charge is 0.417 e. The molecule has 1 spiro atoms. The fourth-order valence-electron chi connectivity index (χ4n) is 2.94. The van der Waals surface area contributed by atoms with Gasteiger partial charge in [0.2, 0.25) is 0 Å². The van der Waals surface area contributed by atoms with Crippen molar-refractivity contribution in [3.63, 3.8) is 0 Å². The summed E-state index contributed by atoms with van der Waals surface area (Å²) in [5, 5.41) is 11.3. The maximum atomic E-state index is 12.7. The molecule has 1 aromatic rings. The molecular weight excluding hydrogens is 287 g/mol. The number of hydrogen-bond acceptors (Lipinski definition) is 3. The quantitative estimate of drug-likeness (QED) is 0.880. The third kappa shape index (κ3) is 2.62. The van der Waals surface area contributed by atoms with Crippen molar-refractivity contribution in [2.24, 2.45) is 5.41 Å². The van der Waals surface area contributed by atoms with Crippen LogP contribution in [-0.4, -0.2) is 35.3 Å². The van der Waals surface area contributed by atoms with E-state index >= 15 is 0 Å². The number of hydrogen-bond donors (Lipinski definition) is 2. The van der Waals surface area contributed by atoms with E-state index < -0.39 is 17.8 Å². The molecule has 114 valence electrons. The van der Waals surface area contributed by atoms with Crippen LogP contribution in [0.15, 0.2) is 18.5 Å². The zero-order chi connectivity index (χ0) is 15.3. The Morgan fingerprint density at radius 2 is 2.14 bits per heavy atom. The van der Waals surface area contributed by atoms with E-state index in [0.29, 0.717) is 18.8 Å². The van der Waals surface area contributed by atoms with E-state index in [1.165, 1.54) is 6.20 Å². The Labute approximate surface area is 118 Å². The van der Waals surface area contributed by atoms with E-state index in [-0.39, 0.29) is 11.5 Å². The molecule has 1 saturated carbocycles. The van der Waals surface area contributed by atoms with Crippen LogP contribution in [0.25, 0.3) is 0 Å². The number of halogens is 3. The molecule has 2 aliphatic rings. The highest BCUT2D eigenvalue weighted by atomic mass is 19.4. The molecule has 2 fully saturated rings. The predicted octanol–water partition coefficient (Wildman–Crippen LogP) is 2.34. The third-order valence-electron chi connectivity index (χ3n) is 4.25. The van der Waals surface area contributed by atoms with E-state index in [4.69, 9.17) is 5.11 Å². The summed E-state index contributed by atoms with van der Waals surface area (Å²) >= 11 is 0. The van der Waals surface area contributed by atoms with Crippen LogP contribution in [0.2, 0.25) is 0 Å². The lowest BCUT2D eigenvalue weighted by atomic mass is 10.0. The number of carbonyl (C=O) groups is 1. The second-order valence-corrected chi connectivity index (χ2v) is 5.67. The molecule has 3 rings (SSSR count). The first-order valence-electron chi connectivity index (χ1n) is 6.57. The number of aromatic nitrogens is 1. The number of amides is 1. The molecule has 0 bridgehead atoms. The Bertz CT molecular complexity index is 572. The number of nitrogens with zero attached hydrogens (tertiary/aromatic N) is 2. The van der Waals surface area contributed by atoms with Gasteiger partial charge >= 0.3 is 12.3 Å². The van der Waals surface area contributed by atoms with Crippen molar-refractivity contribution in [3.05, 3.63) is 24.0 Å². The molecule has 8 heteroatoms. The maximum absolute atomic E-state index is 12.7. The molecule has 21 heavy (non-hydrogen) atoms. The summed E-state index contributed by atoms with van der Waals surface area (Å²) in [6, 6.07) is 0.816. The number of anilines is 1. The fraction of sp³-hybridized carbons (Fsp3) is 0.538. The molecule has 1 aliphatic carbocycles. The van der Waals surface area contributed by atoms with Gasteiger partial charge in [0, 0.05) is 24.7 Å². The maximum Gasteiger partial charge on any atom is 0.417 e. The molecule has 0 aromatic carbocycles. The first-order chi connectivity index (χ1) is 9.80. The van der Waals surface area contributed by atoms with Crippen LogP contribution in [0.3, 0.4) is 0 Å². The van der Waals surface area contributed by atoms with Gasteiger partial charge in [-0.1, -0.05) is 0 Å². The predicted molar refractivity (Wildman–Crippen MR) is 68.1 cm³/mol. The Morgan fingerprint density at radius 1 is 1.43 bits per heavy atom. The van der Waals surface area contributed by atoms with Gasteiger partial charge in [-0.3, -0.25) is 4.98 Å². The van der Waals surface area contributed by atoms with Crippen LogP contribution in [-0.2, 0) is 6.18 Å². The molecule has 1 aliphatic heterocycles. The zero-order valence-corrected chi connectivity index (χ0v) is 11.0. The van der Waals surface area contributed by atoms with Crippen LogP contribution < -0.4 is 10.2 Å². The largest absolute Gasteiger partial charge is 0.465 e. The molecule has 1 saturated heterocycles. The monoisotopic (exact) mass is 301 g/mol. The summed E-state index contributed by atoms with van der Waals surface area (Å²) in [5.74, 6) is 0. The van der Waals surface area contributed by atoms with Crippen molar-refractivity contribution in [1.29, 1.82) is 0 Å². The van der Waals surface area contributed by atoms with Crippen molar-refractivity contribution >= 4 is 11.8 Å². The minimum atomic E-state index is -4.43. The Balaban J connectivity index is 1.81. The lowest BCUT2D eigenvalue weighted by Crippen LogP contribution is -2.40. The summed E-state index contributed by atoms with van der Waals surface area (Å²) in [5.41, 5.74) is -0.544. The third-order valence-corrected chi connectivity index (χ3v) is 4.25. The van der Waals surface area contributed by atoms with Gasteiger partial charge in [-0.05, 0) is 18.9 Å². The minimum absolute atomic E-state index is 0.132. The van der Waals surface area contributed by atoms with Crippen LogP contribution in [0.4, 0.5) is 23.7 Å². The number of alkyl halides is 3. The number of rotatable bonds is 2. The summed E-state index contributed by atoms with van der Waals surface area (Å²) in [6.45, 7) is 0.927. The molecule has 2 N–H and O–H groups in total. The molecule has 1 unspecified atom stereocenters. The molecule has 5 nitrogen and oxygen atoms in total. The summed E-state index contributed by atoms with van der Waals surface area (Å²) in [6.07, 6.45) is -1.58. The average Bonchev–Trinajstić information content (AvgIpc) is 3.07. The first-order valence-corrected chi connectivity index (χ1v) is 6.57. The van der Waals surface area contributed by atoms with Crippen molar-refractivity contribution in [2.75, 3.05) is 18.0 Å². The Hall–Kier alpha value is -1.99. The standard InChI is InChI=1S/C13H14F3N3O2/c14-13(15,16)8-3-9(5-17-4-8)19-6-10(18-11(20)21)12(7-19)1-2-12/h3-5,10,18H,1-2,6-7H2,(H,20,21). The zero-order valence-electron chi connectivity index (χ0n) is 11.0. The normalized spacial score (nSPS) is 23.4. The molecular formula is C13H14F3N3O2. The van der Waals surface area contributed by atoms with Crippen LogP contribution in [0, 0.1) is 5.41 Å². The highest BCUT2D eigenvalue weighted by Gasteiger charge is 2.55. The van der Waals surface area contributed by atoms with Gasteiger partial charge in [-0.25, -0.2) is 4.79 Å². The van der Waals surface area contributed by atoms with Crippen LogP contribution in [0.5, 0.6) is 0 Å². The second-order valence-electron chi connectivity index (χ2n) is 5.67. The van der Waals surface area contributed by atoms with E-state index in [9.17, 15) is 18.0 Å². The second kappa shape index (κ2) is 4.51. The first kappa shape index (κ1) is 14.0. The fourth-order valence-corrected chi connectivity index (χ4v) is 2.94. The van der Waals surface area contributed by atoms with Gasteiger partial charge < -0.3 is 15.3 Å². The minimum Gasteiger partial charge on any atom is -0.465 e. The lowest BCUT2D eigenvalue weighted by molar-refractivity contribution is -0.137. The summed E-state index contributed by atoms with van der Waals surface area (Å²) in [7, 11) is 0. The van der Waals surface area contributed by atoms with Crippen LogP contribution >= 0.6 is 0 Å². The highest BCUT2D eigenvalue weighted by Crippen LogP contribution is 2.53. The Morgan fingerprint density at radius 3 is 2.71 bits per heavy atom. The SMILES string of the molecule is O=C(O)NC1CN(c2cncc(C(F)(F)F)c2)CC12CC2. The van der Waals surface area contributed by atoms with Crippen molar-refractivity contribution < 1.29 is 23.1 Å². The lowest BCUT2D eigenvalue weighted by Gasteiger charge is -2.19. The number of carboxylic acid groups (broad SMARTS) is 1. The van der Waals surface area contributed by atoms with Gasteiger partial charge in [-0.15, -0.1) is 0 Å². The molecule has 1 amide bonds. The van der Waals surface area contributed by atoms with Gasteiger partial charge in [0.15, 0.2) is 0 Å². The van der Waals surface area contributed by atoms with Crippen LogP contribution in [0.1, 0.15) is 18.4 Å².